The minimum absolute atomic E-state index is 0.491. The maximum atomic E-state index is 5.48. The predicted molar refractivity (Wildman–Crippen MR) is 119 cm³/mol. The standard InChI is InChI=1S/C21H17N7O2S/c1-29-16-8-13(20-25-27-28-26-20)14(9-17(16)30-2)24-21-19-15(22-11-23-21)10-18(31-19)12-6-4-3-5-7-12/h3-11H,1-2H3,(H,22,23,24)(H,25,26,27,28). The van der Waals surface area contributed by atoms with Crippen LogP contribution in [-0.2, 0) is 0 Å². The number of methoxy groups -OCH3 is 2. The van der Waals surface area contributed by atoms with E-state index in [0.717, 1.165) is 20.7 Å². The van der Waals surface area contributed by atoms with Crippen LogP contribution in [0.15, 0.2) is 54.9 Å². The normalized spacial score (nSPS) is 10.9. The molecule has 0 radical (unpaired) electrons. The average Bonchev–Trinajstić information content (AvgIpc) is 3.50. The quantitative estimate of drug-likeness (QED) is 0.409. The molecule has 0 saturated carbocycles. The molecular weight excluding hydrogens is 414 g/mol. The van der Waals surface area contributed by atoms with Crippen LogP contribution in [0.3, 0.4) is 0 Å². The van der Waals surface area contributed by atoms with Crippen LogP contribution in [0.5, 0.6) is 11.5 Å². The van der Waals surface area contributed by atoms with Crippen molar-refractivity contribution in [3.8, 4) is 33.3 Å². The minimum atomic E-state index is 0.491. The zero-order valence-electron chi connectivity index (χ0n) is 16.7. The average molecular weight is 431 g/mol. The van der Waals surface area contributed by atoms with Gasteiger partial charge in [-0.15, -0.1) is 16.4 Å². The molecule has 0 atom stereocenters. The number of nitrogens with one attached hydrogen (secondary N) is 2. The lowest BCUT2D eigenvalue weighted by Crippen LogP contribution is -2.00. The maximum Gasteiger partial charge on any atom is 0.181 e. The molecule has 0 spiro atoms. The zero-order chi connectivity index (χ0) is 21.2. The van der Waals surface area contributed by atoms with E-state index in [1.165, 1.54) is 0 Å². The number of ether oxygens (including phenoxy) is 2. The van der Waals surface area contributed by atoms with Gasteiger partial charge in [-0.1, -0.05) is 30.3 Å². The second kappa shape index (κ2) is 8.00. The van der Waals surface area contributed by atoms with Crippen molar-refractivity contribution in [1.29, 1.82) is 0 Å². The number of nitrogens with zero attached hydrogens (tertiary/aromatic N) is 5. The van der Waals surface area contributed by atoms with E-state index in [2.05, 4.69) is 54.1 Å². The Kier molecular flexibility index (Phi) is 4.89. The van der Waals surface area contributed by atoms with E-state index in [-0.39, 0.29) is 0 Å². The smallest absolute Gasteiger partial charge is 0.181 e. The van der Waals surface area contributed by atoms with Crippen molar-refractivity contribution in [2.45, 2.75) is 0 Å². The maximum absolute atomic E-state index is 5.48. The molecule has 2 N–H and O–H groups in total. The van der Waals surface area contributed by atoms with Gasteiger partial charge < -0.3 is 14.8 Å². The van der Waals surface area contributed by atoms with Gasteiger partial charge in [0.05, 0.1) is 30.1 Å². The van der Waals surface area contributed by atoms with E-state index in [4.69, 9.17) is 9.47 Å². The van der Waals surface area contributed by atoms with Crippen LogP contribution in [0, 0.1) is 0 Å². The zero-order valence-corrected chi connectivity index (χ0v) is 17.5. The molecule has 3 aromatic heterocycles. The molecule has 0 aliphatic carbocycles. The number of benzene rings is 2. The number of anilines is 2. The Labute approximate surface area is 181 Å². The first kappa shape index (κ1) is 18.9. The number of fused-ring (bicyclic) bond motifs is 1. The third-order valence-corrected chi connectivity index (χ3v) is 5.93. The lowest BCUT2D eigenvalue weighted by atomic mass is 10.1. The van der Waals surface area contributed by atoms with E-state index < -0.39 is 0 Å². The molecule has 31 heavy (non-hydrogen) atoms. The molecule has 0 aliphatic rings. The Morgan fingerprint density at radius 1 is 0.968 bits per heavy atom. The van der Waals surface area contributed by atoms with Gasteiger partial charge in [-0.2, -0.15) is 0 Å². The topological polar surface area (TPSA) is 111 Å². The molecule has 2 aromatic carbocycles. The van der Waals surface area contributed by atoms with Crippen LogP contribution >= 0.6 is 11.3 Å². The number of aromatic nitrogens is 6. The molecule has 0 saturated heterocycles. The van der Waals surface area contributed by atoms with E-state index in [1.807, 2.05) is 30.3 Å². The van der Waals surface area contributed by atoms with Crippen LogP contribution in [-0.4, -0.2) is 44.8 Å². The Balaban J connectivity index is 1.62. The van der Waals surface area contributed by atoms with Gasteiger partial charge in [-0.3, -0.25) is 0 Å². The van der Waals surface area contributed by atoms with E-state index >= 15 is 0 Å². The Morgan fingerprint density at radius 2 is 1.77 bits per heavy atom. The molecule has 0 unspecified atom stereocenters. The molecule has 154 valence electrons. The summed E-state index contributed by atoms with van der Waals surface area (Å²) in [5.74, 6) is 2.31. The molecular formula is C21H17N7O2S. The first-order valence-electron chi connectivity index (χ1n) is 9.34. The number of hydrogen-bond acceptors (Lipinski definition) is 9. The van der Waals surface area contributed by atoms with Crippen molar-refractivity contribution in [3.63, 3.8) is 0 Å². The van der Waals surface area contributed by atoms with Crippen LogP contribution in [0.25, 0.3) is 32.0 Å². The molecule has 3 heterocycles. The highest BCUT2D eigenvalue weighted by Gasteiger charge is 2.18. The van der Waals surface area contributed by atoms with Crippen molar-refractivity contribution in [1.82, 2.24) is 30.6 Å². The molecule has 9 nitrogen and oxygen atoms in total. The van der Waals surface area contributed by atoms with Crippen LogP contribution < -0.4 is 14.8 Å². The summed E-state index contributed by atoms with van der Waals surface area (Å²) in [4.78, 5) is 10.0. The summed E-state index contributed by atoms with van der Waals surface area (Å²) < 4.78 is 11.9. The molecule has 0 fully saturated rings. The number of rotatable bonds is 6. The lowest BCUT2D eigenvalue weighted by molar-refractivity contribution is 0.355. The van der Waals surface area contributed by atoms with Gasteiger partial charge >= 0.3 is 0 Å². The van der Waals surface area contributed by atoms with Crippen LogP contribution in [0.1, 0.15) is 0 Å². The first-order valence-corrected chi connectivity index (χ1v) is 10.2. The van der Waals surface area contributed by atoms with E-state index in [0.29, 0.717) is 34.4 Å². The van der Waals surface area contributed by atoms with Crippen molar-refractivity contribution < 1.29 is 9.47 Å². The fraction of sp³-hybridized carbons (Fsp3) is 0.0952. The van der Waals surface area contributed by atoms with Gasteiger partial charge in [0.25, 0.3) is 0 Å². The van der Waals surface area contributed by atoms with Gasteiger partial charge in [0.2, 0.25) is 0 Å². The van der Waals surface area contributed by atoms with Gasteiger partial charge in [-0.25, -0.2) is 15.1 Å². The van der Waals surface area contributed by atoms with Gasteiger partial charge in [0.1, 0.15) is 6.33 Å². The van der Waals surface area contributed by atoms with Crippen molar-refractivity contribution >= 4 is 33.1 Å². The van der Waals surface area contributed by atoms with Gasteiger partial charge in [0, 0.05) is 16.5 Å². The summed E-state index contributed by atoms with van der Waals surface area (Å²) in [6.07, 6.45) is 1.54. The molecule has 10 heteroatoms. The summed E-state index contributed by atoms with van der Waals surface area (Å²) in [6, 6.07) is 15.9. The summed E-state index contributed by atoms with van der Waals surface area (Å²) in [6.45, 7) is 0. The number of aromatic amines is 1. The summed E-state index contributed by atoms with van der Waals surface area (Å²) in [5.41, 5.74) is 3.43. The third kappa shape index (κ3) is 3.53. The number of H-pyrrole nitrogens is 1. The fourth-order valence-electron chi connectivity index (χ4n) is 3.27. The number of hydrogen-bond donors (Lipinski definition) is 2. The molecule has 5 aromatic rings. The summed E-state index contributed by atoms with van der Waals surface area (Å²) in [5, 5.41) is 17.6. The summed E-state index contributed by atoms with van der Waals surface area (Å²) in [7, 11) is 3.17. The molecule has 0 amide bonds. The van der Waals surface area contributed by atoms with Crippen LogP contribution in [0.4, 0.5) is 11.5 Å². The van der Waals surface area contributed by atoms with E-state index in [9.17, 15) is 0 Å². The van der Waals surface area contributed by atoms with E-state index in [1.54, 1.807) is 31.9 Å². The van der Waals surface area contributed by atoms with Crippen molar-refractivity contribution in [2.24, 2.45) is 0 Å². The second-order valence-electron chi connectivity index (χ2n) is 6.54. The van der Waals surface area contributed by atoms with Crippen molar-refractivity contribution in [2.75, 3.05) is 19.5 Å². The van der Waals surface area contributed by atoms with Gasteiger partial charge in [0.15, 0.2) is 23.1 Å². The Hall–Kier alpha value is -4.05. The van der Waals surface area contributed by atoms with Crippen molar-refractivity contribution in [3.05, 3.63) is 54.9 Å². The molecule has 5 rings (SSSR count). The highest BCUT2D eigenvalue weighted by molar-refractivity contribution is 7.22. The SMILES string of the molecule is COc1cc(Nc2ncnc3cc(-c4ccccc4)sc23)c(-c2nnn[nH]2)cc1OC. The molecule has 0 aliphatic heterocycles. The second-order valence-corrected chi connectivity index (χ2v) is 7.59. The lowest BCUT2D eigenvalue weighted by Gasteiger charge is -2.14. The van der Waals surface area contributed by atoms with Crippen LogP contribution in [0.2, 0.25) is 0 Å². The third-order valence-electron chi connectivity index (χ3n) is 4.75. The highest BCUT2D eigenvalue weighted by Crippen LogP contribution is 2.41. The largest absolute Gasteiger partial charge is 0.493 e. The monoisotopic (exact) mass is 431 g/mol. The Morgan fingerprint density at radius 3 is 2.52 bits per heavy atom. The number of tetrazole rings is 1. The van der Waals surface area contributed by atoms with Gasteiger partial charge in [-0.05, 0) is 28.1 Å². The fourth-order valence-corrected chi connectivity index (χ4v) is 4.33. The minimum Gasteiger partial charge on any atom is -0.493 e. The first-order chi connectivity index (χ1) is 15.3. The highest BCUT2D eigenvalue weighted by atomic mass is 32.1. The predicted octanol–water partition coefficient (Wildman–Crippen LogP) is 4.30. The number of thiophene rings is 1. The summed E-state index contributed by atoms with van der Waals surface area (Å²) >= 11 is 1.63. The molecule has 0 bridgehead atoms. The Bertz CT molecular complexity index is 1340.